The molecule has 4 rings (SSSR count). The zero-order valence-corrected chi connectivity index (χ0v) is 17.1. The van der Waals surface area contributed by atoms with Crippen LogP contribution in [-0.4, -0.2) is 49.0 Å². The van der Waals surface area contributed by atoms with Crippen LogP contribution < -0.4 is 0 Å². The van der Waals surface area contributed by atoms with Crippen LogP contribution in [0.15, 0.2) is 22.9 Å². The van der Waals surface area contributed by atoms with Crippen LogP contribution in [0.5, 0.6) is 0 Å². The monoisotopic (exact) mass is 392 g/mol. The van der Waals surface area contributed by atoms with Crippen LogP contribution in [0.4, 0.5) is 0 Å². The number of piperidine rings is 1. The van der Waals surface area contributed by atoms with Crippen molar-refractivity contribution in [1.29, 1.82) is 0 Å². The van der Waals surface area contributed by atoms with E-state index in [4.69, 9.17) is 4.52 Å². The lowest BCUT2D eigenvalue weighted by Crippen LogP contribution is -2.38. The summed E-state index contributed by atoms with van der Waals surface area (Å²) in [4.78, 5) is 32.2. The average molecular weight is 392 g/mol. The molecule has 8 heteroatoms. The summed E-state index contributed by atoms with van der Waals surface area (Å²) in [5.41, 5.74) is 4.07. The number of hydrogen-bond acceptors (Lipinski definition) is 7. The van der Waals surface area contributed by atoms with Crippen LogP contribution in [0, 0.1) is 27.7 Å². The predicted molar refractivity (Wildman–Crippen MR) is 106 cm³/mol. The molecule has 3 aromatic rings. The Bertz CT molecular complexity index is 1030. The summed E-state index contributed by atoms with van der Waals surface area (Å²) >= 11 is 0. The molecule has 1 fully saturated rings. The third-order valence-electron chi connectivity index (χ3n) is 5.34. The summed E-state index contributed by atoms with van der Waals surface area (Å²) in [6.45, 7) is 8.86. The van der Waals surface area contributed by atoms with Gasteiger partial charge in [0.05, 0.1) is 17.0 Å². The molecule has 0 bridgehead atoms. The third kappa shape index (κ3) is 3.87. The van der Waals surface area contributed by atoms with Gasteiger partial charge in [0.1, 0.15) is 23.1 Å². The molecule has 1 aliphatic heterocycles. The van der Waals surface area contributed by atoms with Crippen LogP contribution in [0.2, 0.25) is 0 Å². The standard InChI is InChI=1S/C21H24N6O2/c1-12-20(13(2)29-26-12)19-11-18(24-15(4)25-19)16-6-9-27(10-7-16)21(28)17-5-8-22-14(3)23-17/h5,8,11,16H,6-7,9-10H2,1-4H3. The Hall–Kier alpha value is -3.16. The van der Waals surface area contributed by atoms with Gasteiger partial charge in [-0.1, -0.05) is 5.16 Å². The largest absolute Gasteiger partial charge is 0.361 e. The molecule has 0 N–H and O–H groups in total. The maximum Gasteiger partial charge on any atom is 0.272 e. The zero-order valence-electron chi connectivity index (χ0n) is 17.1. The van der Waals surface area contributed by atoms with Crippen LogP contribution in [0.25, 0.3) is 11.3 Å². The first-order valence-electron chi connectivity index (χ1n) is 9.80. The Labute approximate surface area is 169 Å². The Morgan fingerprint density at radius 2 is 1.83 bits per heavy atom. The average Bonchev–Trinajstić information content (AvgIpc) is 3.05. The van der Waals surface area contributed by atoms with E-state index in [1.165, 1.54) is 0 Å². The topological polar surface area (TPSA) is 97.9 Å². The van der Waals surface area contributed by atoms with Crippen molar-refractivity contribution >= 4 is 5.91 Å². The van der Waals surface area contributed by atoms with Crippen molar-refractivity contribution in [3.63, 3.8) is 0 Å². The second-order valence-corrected chi connectivity index (χ2v) is 7.48. The molecule has 1 amide bonds. The van der Waals surface area contributed by atoms with E-state index in [0.29, 0.717) is 24.6 Å². The molecule has 150 valence electrons. The van der Waals surface area contributed by atoms with Crippen molar-refractivity contribution in [3.05, 3.63) is 52.8 Å². The highest BCUT2D eigenvalue weighted by Crippen LogP contribution is 2.31. The number of likely N-dealkylation sites (tertiary alicyclic amines) is 1. The molecule has 0 unspecified atom stereocenters. The summed E-state index contributed by atoms with van der Waals surface area (Å²) in [5, 5.41) is 4.04. The first-order chi connectivity index (χ1) is 13.9. The molecule has 0 spiro atoms. The molecule has 8 nitrogen and oxygen atoms in total. The molecule has 0 atom stereocenters. The highest BCUT2D eigenvalue weighted by Gasteiger charge is 2.27. The van der Waals surface area contributed by atoms with Gasteiger partial charge in [-0.2, -0.15) is 0 Å². The van der Waals surface area contributed by atoms with Gasteiger partial charge in [0.15, 0.2) is 0 Å². The van der Waals surface area contributed by atoms with E-state index in [0.717, 1.165) is 47.1 Å². The number of hydrogen-bond donors (Lipinski definition) is 0. The summed E-state index contributed by atoms with van der Waals surface area (Å²) in [7, 11) is 0. The van der Waals surface area contributed by atoms with Gasteiger partial charge in [0.2, 0.25) is 0 Å². The third-order valence-corrected chi connectivity index (χ3v) is 5.34. The van der Waals surface area contributed by atoms with Crippen molar-refractivity contribution in [2.45, 2.75) is 46.5 Å². The van der Waals surface area contributed by atoms with Gasteiger partial charge in [-0.15, -0.1) is 0 Å². The Morgan fingerprint density at radius 1 is 1.07 bits per heavy atom. The highest BCUT2D eigenvalue weighted by molar-refractivity contribution is 5.92. The molecule has 0 aromatic carbocycles. The maximum absolute atomic E-state index is 12.7. The Morgan fingerprint density at radius 3 is 2.48 bits per heavy atom. The highest BCUT2D eigenvalue weighted by atomic mass is 16.5. The van der Waals surface area contributed by atoms with Crippen molar-refractivity contribution < 1.29 is 9.32 Å². The van der Waals surface area contributed by atoms with Gasteiger partial charge in [-0.05, 0) is 52.7 Å². The number of aromatic nitrogens is 5. The predicted octanol–water partition coefficient (Wildman–Crippen LogP) is 3.18. The maximum atomic E-state index is 12.7. The van der Waals surface area contributed by atoms with E-state index in [-0.39, 0.29) is 11.8 Å². The zero-order chi connectivity index (χ0) is 20.5. The number of aryl methyl sites for hydroxylation is 4. The molecule has 1 aliphatic rings. The van der Waals surface area contributed by atoms with E-state index in [9.17, 15) is 4.79 Å². The first kappa shape index (κ1) is 19.2. The minimum Gasteiger partial charge on any atom is -0.361 e. The number of amides is 1. The van der Waals surface area contributed by atoms with Crippen molar-refractivity contribution in [2.75, 3.05) is 13.1 Å². The van der Waals surface area contributed by atoms with Crippen LogP contribution in [0.1, 0.15) is 58.0 Å². The number of carbonyl (C=O) groups is 1. The molecule has 4 heterocycles. The fourth-order valence-corrected chi connectivity index (χ4v) is 3.89. The van der Waals surface area contributed by atoms with Crippen LogP contribution in [0.3, 0.4) is 0 Å². The molecule has 0 radical (unpaired) electrons. The minimum atomic E-state index is -0.0378. The SMILES string of the molecule is Cc1nccc(C(=O)N2CCC(c3cc(-c4c(C)noc4C)nc(C)n3)CC2)n1. The fraction of sp³-hybridized carbons (Fsp3) is 0.429. The lowest BCUT2D eigenvalue weighted by molar-refractivity contribution is 0.0705. The Balaban J connectivity index is 1.51. The van der Waals surface area contributed by atoms with Crippen LogP contribution in [-0.2, 0) is 0 Å². The van der Waals surface area contributed by atoms with Gasteiger partial charge < -0.3 is 9.42 Å². The summed E-state index contributed by atoms with van der Waals surface area (Å²) < 4.78 is 5.30. The van der Waals surface area contributed by atoms with E-state index >= 15 is 0 Å². The first-order valence-corrected chi connectivity index (χ1v) is 9.80. The number of rotatable bonds is 3. The fourth-order valence-electron chi connectivity index (χ4n) is 3.89. The van der Waals surface area contributed by atoms with Crippen molar-refractivity contribution in [3.8, 4) is 11.3 Å². The number of carbonyl (C=O) groups excluding carboxylic acids is 1. The van der Waals surface area contributed by atoms with Crippen molar-refractivity contribution in [1.82, 2.24) is 30.0 Å². The second-order valence-electron chi connectivity index (χ2n) is 7.48. The molecule has 1 saturated heterocycles. The van der Waals surface area contributed by atoms with Gasteiger partial charge >= 0.3 is 0 Å². The molecule has 0 saturated carbocycles. The van der Waals surface area contributed by atoms with Gasteiger partial charge in [0.25, 0.3) is 5.91 Å². The van der Waals surface area contributed by atoms with Crippen molar-refractivity contribution in [2.24, 2.45) is 0 Å². The minimum absolute atomic E-state index is 0.0378. The van der Waals surface area contributed by atoms with E-state index in [1.807, 2.05) is 31.7 Å². The molecule has 0 aliphatic carbocycles. The lowest BCUT2D eigenvalue weighted by atomic mass is 9.92. The molecule has 3 aromatic heterocycles. The number of nitrogens with zero attached hydrogens (tertiary/aromatic N) is 6. The smallest absolute Gasteiger partial charge is 0.272 e. The van der Waals surface area contributed by atoms with Crippen LogP contribution >= 0.6 is 0 Å². The summed E-state index contributed by atoms with van der Waals surface area (Å²) in [5.74, 6) is 2.34. The van der Waals surface area contributed by atoms with Gasteiger partial charge in [-0.3, -0.25) is 4.79 Å². The van der Waals surface area contributed by atoms with Gasteiger partial charge in [0, 0.05) is 30.9 Å². The molecular weight excluding hydrogens is 368 g/mol. The molecule has 29 heavy (non-hydrogen) atoms. The quantitative estimate of drug-likeness (QED) is 0.675. The van der Waals surface area contributed by atoms with E-state index in [2.05, 4.69) is 25.1 Å². The second kappa shape index (κ2) is 7.69. The summed E-state index contributed by atoms with van der Waals surface area (Å²) in [6, 6.07) is 3.71. The molecular formula is C21H24N6O2. The normalized spacial score (nSPS) is 15.0. The lowest BCUT2D eigenvalue weighted by Gasteiger charge is -2.31. The van der Waals surface area contributed by atoms with E-state index in [1.54, 1.807) is 19.2 Å². The van der Waals surface area contributed by atoms with Gasteiger partial charge in [-0.25, -0.2) is 19.9 Å². The van der Waals surface area contributed by atoms with E-state index < -0.39 is 0 Å². The Kier molecular flexibility index (Phi) is 5.08. The summed E-state index contributed by atoms with van der Waals surface area (Å²) in [6.07, 6.45) is 3.34.